The minimum Gasteiger partial charge on any atom is -0.465 e. The molecule has 0 aromatic heterocycles. The van der Waals surface area contributed by atoms with Gasteiger partial charge < -0.3 is 10.1 Å². The molecule has 0 amide bonds. The molecule has 1 saturated heterocycles. The van der Waals surface area contributed by atoms with Crippen molar-refractivity contribution in [1.82, 2.24) is 5.32 Å². The molecule has 2 atom stereocenters. The van der Waals surface area contributed by atoms with Gasteiger partial charge >= 0.3 is 5.97 Å². The number of ether oxygens (including phenoxy) is 1. The van der Waals surface area contributed by atoms with Gasteiger partial charge in [0.1, 0.15) is 6.04 Å². The molecule has 1 fully saturated rings. The fourth-order valence-corrected chi connectivity index (χ4v) is 1.73. The molecule has 0 aliphatic carbocycles. The second-order valence-electron chi connectivity index (χ2n) is 3.51. The Morgan fingerprint density at radius 1 is 1.71 bits per heavy atom. The number of rotatable bonds is 3. The SMILES string of the molecule is CCOC(=O)C1CC(CC#N)CCN1. The first-order valence-electron chi connectivity index (χ1n) is 5.05. The zero-order valence-electron chi connectivity index (χ0n) is 8.45. The number of esters is 1. The molecule has 0 saturated carbocycles. The molecule has 0 aromatic carbocycles. The van der Waals surface area contributed by atoms with Crippen LogP contribution in [0.3, 0.4) is 0 Å². The molecule has 0 spiro atoms. The topological polar surface area (TPSA) is 62.1 Å². The number of carbonyl (C=O) groups excluding carboxylic acids is 1. The molecule has 2 unspecified atom stereocenters. The minimum absolute atomic E-state index is 0.185. The van der Waals surface area contributed by atoms with Crippen LogP contribution >= 0.6 is 0 Å². The highest BCUT2D eigenvalue weighted by Gasteiger charge is 2.27. The monoisotopic (exact) mass is 196 g/mol. The highest BCUT2D eigenvalue weighted by molar-refractivity contribution is 5.75. The van der Waals surface area contributed by atoms with E-state index in [-0.39, 0.29) is 12.0 Å². The Bertz CT molecular complexity index is 235. The van der Waals surface area contributed by atoms with Gasteiger partial charge in [0.05, 0.1) is 12.7 Å². The predicted octanol–water partition coefficient (Wildman–Crippen LogP) is 0.831. The molecule has 1 heterocycles. The van der Waals surface area contributed by atoms with Crippen LogP contribution in [0.4, 0.5) is 0 Å². The average molecular weight is 196 g/mol. The number of nitrogens with one attached hydrogen (secondary N) is 1. The summed E-state index contributed by atoms with van der Waals surface area (Å²) in [6.07, 6.45) is 2.24. The summed E-state index contributed by atoms with van der Waals surface area (Å²) >= 11 is 0. The van der Waals surface area contributed by atoms with Gasteiger partial charge in [0, 0.05) is 6.42 Å². The lowest BCUT2D eigenvalue weighted by Crippen LogP contribution is -2.44. The van der Waals surface area contributed by atoms with Crippen LogP contribution in [0.5, 0.6) is 0 Å². The van der Waals surface area contributed by atoms with Crippen LogP contribution in [-0.4, -0.2) is 25.2 Å². The van der Waals surface area contributed by atoms with Crippen molar-refractivity contribution < 1.29 is 9.53 Å². The van der Waals surface area contributed by atoms with Crippen molar-refractivity contribution >= 4 is 5.97 Å². The van der Waals surface area contributed by atoms with Crippen molar-refractivity contribution in [2.24, 2.45) is 5.92 Å². The summed E-state index contributed by atoms with van der Waals surface area (Å²) in [5.41, 5.74) is 0. The Morgan fingerprint density at radius 2 is 2.50 bits per heavy atom. The van der Waals surface area contributed by atoms with E-state index < -0.39 is 0 Å². The zero-order chi connectivity index (χ0) is 10.4. The molecule has 0 aromatic rings. The van der Waals surface area contributed by atoms with Crippen molar-refractivity contribution in [3.8, 4) is 6.07 Å². The Morgan fingerprint density at radius 3 is 3.14 bits per heavy atom. The van der Waals surface area contributed by atoms with Crippen LogP contribution in [0.25, 0.3) is 0 Å². The number of hydrogen-bond acceptors (Lipinski definition) is 4. The molecule has 78 valence electrons. The highest BCUT2D eigenvalue weighted by Crippen LogP contribution is 2.19. The fraction of sp³-hybridized carbons (Fsp3) is 0.800. The standard InChI is InChI=1S/C10H16N2O2/c1-2-14-10(13)9-7-8(3-5-11)4-6-12-9/h8-9,12H,2-4,6-7H2,1H3. The third-order valence-electron chi connectivity index (χ3n) is 2.46. The Labute approximate surface area is 84.2 Å². The third kappa shape index (κ3) is 3.00. The van der Waals surface area contributed by atoms with Crippen molar-refractivity contribution in [2.75, 3.05) is 13.2 Å². The quantitative estimate of drug-likeness (QED) is 0.679. The lowest BCUT2D eigenvalue weighted by Gasteiger charge is -2.27. The maximum absolute atomic E-state index is 11.4. The van der Waals surface area contributed by atoms with Gasteiger partial charge in [-0.1, -0.05) is 0 Å². The summed E-state index contributed by atoms with van der Waals surface area (Å²) in [5.74, 6) is 0.158. The van der Waals surface area contributed by atoms with Crippen molar-refractivity contribution in [2.45, 2.75) is 32.2 Å². The molecule has 1 rings (SSSR count). The summed E-state index contributed by atoms with van der Waals surface area (Å²) in [4.78, 5) is 11.4. The average Bonchev–Trinajstić information content (AvgIpc) is 2.19. The zero-order valence-corrected chi connectivity index (χ0v) is 8.45. The molecule has 1 aliphatic rings. The summed E-state index contributed by atoms with van der Waals surface area (Å²) < 4.78 is 4.92. The molecule has 14 heavy (non-hydrogen) atoms. The smallest absolute Gasteiger partial charge is 0.323 e. The Kier molecular flexibility index (Phi) is 4.41. The van der Waals surface area contributed by atoms with Crippen molar-refractivity contribution in [3.05, 3.63) is 0 Å². The van der Waals surface area contributed by atoms with Crippen molar-refractivity contribution in [3.63, 3.8) is 0 Å². The van der Waals surface area contributed by atoms with E-state index in [4.69, 9.17) is 10.00 Å². The highest BCUT2D eigenvalue weighted by atomic mass is 16.5. The van der Waals surface area contributed by atoms with Gasteiger partial charge in [-0.05, 0) is 32.2 Å². The molecule has 4 heteroatoms. The molecule has 4 nitrogen and oxygen atoms in total. The number of nitriles is 1. The van der Waals surface area contributed by atoms with Gasteiger partial charge in [-0.2, -0.15) is 5.26 Å². The maximum Gasteiger partial charge on any atom is 0.323 e. The van der Waals surface area contributed by atoms with E-state index in [2.05, 4.69) is 11.4 Å². The summed E-state index contributed by atoms with van der Waals surface area (Å²) in [7, 11) is 0. The van der Waals surface area contributed by atoms with Crippen LogP contribution in [0, 0.1) is 17.2 Å². The number of piperidine rings is 1. The Balaban J connectivity index is 2.40. The van der Waals surface area contributed by atoms with Crippen LogP contribution < -0.4 is 5.32 Å². The lowest BCUT2D eigenvalue weighted by atomic mass is 9.90. The van der Waals surface area contributed by atoms with Gasteiger partial charge in [-0.15, -0.1) is 0 Å². The second kappa shape index (κ2) is 5.61. The Hall–Kier alpha value is -1.08. The van der Waals surface area contributed by atoms with Gasteiger partial charge in [0.25, 0.3) is 0 Å². The number of nitrogens with zero attached hydrogens (tertiary/aromatic N) is 1. The first-order valence-corrected chi connectivity index (χ1v) is 5.05. The normalized spacial score (nSPS) is 26.6. The molecular weight excluding hydrogens is 180 g/mol. The van der Waals surface area contributed by atoms with Crippen LogP contribution in [-0.2, 0) is 9.53 Å². The van der Waals surface area contributed by atoms with E-state index in [0.29, 0.717) is 18.9 Å². The third-order valence-corrected chi connectivity index (χ3v) is 2.46. The molecule has 1 N–H and O–H groups in total. The predicted molar refractivity (Wildman–Crippen MR) is 51.4 cm³/mol. The van der Waals surface area contributed by atoms with Gasteiger partial charge in [-0.25, -0.2) is 0 Å². The van der Waals surface area contributed by atoms with E-state index in [1.807, 2.05) is 0 Å². The van der Waals surface area contributed by atoms with Gasteiger partial charge in [0.15, 0.2) is 0 Å². The van der Waals surface area contributed by atoms with E-state index >= 15 is 0 Å². The first kappa shape index (κ1) is 11.0. The molecule has 0 radical (unpaired) electrons. The summed E-state index contributed by atoms with van der Waals surface area (Å²) in [6, 6.07) is 1.94. The van der Waals surface area contributed by atoms with Gasteiger partial charge in [0.2, 0.25) is 0 Å². The maximum atomic E-state index is 11.4. The van der Waals surface area contributed by atoms with E-state index in [1.165, 1.54) is 0 Å². The number of carbonyl (C=O) groups is 1. The van der Waals surface area contributed by atoms with E-state index in [0.717, 1.165) is 19.4 Å². The van der Waals surface area contributed by atoms with Gasteiger partial charge in [-0.3, -0.25) is 4.79 Å². The molecular formula is C10H16N2O2. The lowest BCUT2D eigenvalue weighted by molar-refractivity contribution is -0.146. The van der Waals surface area contributed by atoms with E-state index in [9.17, 15) is 4.79 Å². The van der Waals surface area contributed by atoms with E-state index in [1.54, 1.807) is 6.92 Å². The fourth-order valence-electron chi connectivity index (χ4n) is 1.73. The summed E-state index contributed by atoms with van der Waals surface area (Å²) in [6.45, 7) is 3.02. The molecule has 1 aliphatic heterocycles. The second-order valence-corrected chi connectivity index (χ2v) is 3.51. The van der Waals surface area contributed by atoms with Crippen molar-refractivity contribution in [1.29, 1.82) is 5.26 Å². The minimum atomic E-state index is -0.206. The number of hydrogen-bond donors (Lipinski definition) is 1. The molecule has 0 bridgehead atoms. The van der Waals surface area contributed by atoms with Crippen LogP contribution in [0.2, 0.25) is 0 Å². The summed E-state index contributed by atoms with van der Waals surface area (Å²) in [5, 5.41) is 11.7. The first-order chi connectivity index (χ1) is 6.77. The van der Waals surface area contributed by atoms with Crippen LogP contribution in [0.15, 0.2) is 0 Å². The van der Waals surface area contributed by atoms with Crippen LogP contribution in [0.1, 0.15) is 26.2 Å². The largest absolute Gasteiger partial charge is 0.465 e.